The minimum absolute atomic E-state index is 0.131. The second-order valence-corrected chi connectivity index (χ2v) is 7.93. The highest BCUT2D eigenvalue weighted by molar-refractivity contribution is 7.86. The van der Waals surface area contributed by atoms with Gasteiger partial charge >= 0.3 is 0 Å². The van der Waals surface area contributed by atoms with Crippen LogP contribution in [0, 0.1) is 5.82 Å². The van der Waals surface area contributed by atoms with E-state index in [4.69, 9.17) is 0 Å². The van der Waals surface area contributed by atoms with Crippen LogP contribution in [0.5, 0.6) is 0 Å². The number of hydrogen-bond donors (Lipinski definition) is 1. The topological polar surface area (TPSA) is 37.3 Å². The second kappa shape index (κ2) is 4.98. The van der Waals surface area contributed by atoms with Crippen molar-refractivity contribution in [2.24, 2.45) is 0 Å². The molecule has 2 heterocycles. The van der Waals surface area contributed by atoms with E-state index >= 15 is 0 Å². The van der Waals surface area contributed by atoms with Gasteiger partial charge in [0.05, 0.1) is 5.60 Å². The SMILES string of the molecule is O=S1C2CCCC1CC(O)(Cc1cccc(F)c1)C2. The molecule has 2 aliphatic rings. The maximum absolute atomic E-state index is 13.2. The quantitative estimate of drug-likeness (QED) is 0.905. The van der Waals surface area contributed by atoms with Gasteiger partial charge in [-0.2, -0.15) is 0 Å². The lowest BCUT2D eigenvalue weighted by Gasteiger charge is -2.43. The van der Waals surface area contributed by atoms with Crippen LogP contribution in [0.4, 0.5) is 4.39 Å². The number of hydrogen-bond acceptors (Lipinski definition) is 2. The standard InChI is InChI=1S/C15H19FO2S/c16-12-4-1-3-11(7-12)8-15(17)9-13-5-2-6-14(10-15)19(13)18/h1,3-4,7,13-14,17H,2,5-6,8-10H2. The van der Waals surface area contributed by atoms with Crippen LogP contribution in [0.25, 0.3) is 0 Å². The Morgan fingerprint density at radius 1 is 1.32 bits per heavy atom. The Labute approximate surface area is 115 Å². The third kappa shape index (κ3) is 2.75. The molecule has 2 unspecified atom stereocenters. The van der Waals surface area contributed by atoms with Crippen LogP contribution < -0.4 is 0 Å². The predicted molar refractivity (Wildman–Crippen MR) is 73.9 cm³/mol. The van der Waals surface area contributed by atoms with E-state index in [0.29, 0.717) is 19.3 Å². The molecule has 3 rings (SSSR count). The van der Waals surface area contributed by atoms with Gasteiger partial charge in [0.1, 0.15) is 5.82 Å². The highest BCUT2D eigenvalue weighted by atomic mass is 32.2. The number of fused-ring (bicyclic) bond motifs is 2. The van der Waals surface area contributed by atoms with Gasteiger partial charge in [-0.25, -0.2) is 4.39 Å². The zero-order valence-corrected chi connectivity index (χ0v) is 11.7. The molecule has 19 heavy (non-hydrogen) atoms. The first-order chi connectivity index (χ1) is 9.06. The molecule has 2 fully saturated rings. The van der Waals surface area contributed by atoms with Gasteiger partial charge in [-0.3, -0.25) is 4.21 Å². The van der Waals surface area contributed by atoms with Crippen LogP contribution in [0.2, 0.25) is 0 Å². The number of halogens is 1. The van der Waals surface area contributed by atoms with Crippen LogP contribution in [0.15, 0.2) is 24.3 Å². The van der Waals surface area contributed by atoms with Gasteiger partial charge in [0.2, 0.25) is 0 Å². The smallest absolute Gasteiger partial charge is 0.123 e. The van der Waals surface area contributed by atoms with Crippen molar-refractivity contribution in [2.75, 3.05) is 0 Å². The predicted octanol–water partition coefficient (Wildman–Crippen LogP) is 2.56. The molecule has 1 aromatic rings. The van der Waals surface area contributed by atoms with E-state index in [1.807, 2.05) is 6.07 Å². The zero-order chi connectivity index (χ0) is 13.5. The average molecular weight is 282 g/mol. The maximum atomic E-state index is 13.2. The Bertz CT molecular complexity index is 487. The van der Waals surface area contributed by atoms with E-state index < -0.39 is 16.4 Å². The molecule has 2 bridgehead atoms. The van der Waals surface area contributed by atoms with Crippen molar-refractivity contribution < 1.29 is 13.7 Å². The van der Waals surface area contributed by atoms with Crippen molar-refractivity contribution in [1.29, 1.82) is 0 Å². The largest absolute Gasteiger partial charge is 0.389 e. The molecule has 4 heteroatoms. The Morgan fingerprint density at radius 2 is 2.00 bits per heavy atom. The number of rotatable bonds is 2. The van der Waals surface area contributed by atoms with Gasteiger partial charge in [0.25, 0.3) is 0 Å². The van der Waals surface area contributed by atoms with Gasteiger partial charge in [0, 0.05) is 27.7 Å². The van der Waals surface area contributed by atoms with Crippen molar-refractivity contribution in [1.82, 2.24) is 0 Å². The van der Waals surface area contributed by atoms with Gasteiger partial charge in [0.15, 0.2) is 0 Å². The lowest BCUT2D eigenvalue weighted by Crippen LogP contribution is -2.50. The summed E-state index contributed by atoms with van der Waals surface area (Å²) in [4.78, 5) is 0. The van der Waals surface area contributed by atoms with E-state index in [1.165, 1.54) is 12.1 Å². The molecule has 0 saturated carbocycles. The van der Waals surface area contributed by atoms with Crippen molar-refractivity contribution in [3.63, 3.8) is 0 Å². The first-order valence-electron chi connectivity index (χ1n) is 6.92. The first-order valence-corrected chi connectivity index (χ1v) is 8.20. The molecule has 0 radical (unpaired) electrons. The molecule has 1 aromatic carbocycles. The number of aliphatic hydroxyl groups is 1. The third-order valence-corrected chi connectivity index (χ3v) is 6.47. The van der Waals surface area contributed by atoms with Gasteiger partial charge in [-0.15, -0.1) is 0 Å². The summed E-state index contributed by atoms with van der Waals surface area (Å²) in [5.74, 6) is -0.263. The number of benzene rings is 1. The Kier molecular flexibility index (Phi) is 3.48. The van der Waals surface area contributed by atoms with Crippen LogP contribution in [-0.4, -0.2) is 25.4 Å². The molecule has 0 aliphatic carbocycles. The van der Waals surface area contributed by atoms with Crippen molar-refractivity contribution >= 4 is 10.8 Å². The molecule has 2 nitrogen and oxygen atoms in total. The fourth-order valence-electron chi connectivity index (χ4n) is 3.55. The van der Waals surface area contributed by atoms with Crippen LogP contribution in [0.1, 0.15) is 37.7 Å². The molecule has 1 N–H and O–H groups in total. The summed E-state index contributed by atoms with van der Waals surface area (Å²) in [6.45, 7) is 0. The zero-order valence-electron chi connectivity index (χ0n) is 10.8. The maximum Gasteiger partial charge on any atom is 0.123 e. The highest BCUT2D eigenvalue weighted by Gasteiger charge is 2.45. The Morgan fingerprint density at radius 3 is 2.63 bits per heavy atom. The summed E-state index contributed by atoms with van der Waals surface area (Å²) < 4.78 is 25.4. The van der Waals surface area contributed by atoms with Crippen molar-refractivity contribution in [3.05, 3.63) is 35.6 Å². The molecule has 2 aliphatic heterocycles. The van der Waals surface area contributed by atoms with Crippen LogP contribution in [-0.2, 0) is 17.2 Å². The fourth-order valence-corrected chi connectivity index (χ4v) is 5.84. The van der Waals surface area contributed by atoms with E-state index in [0.717, 1.165) is 24.8 Å². The lowest BCUT2D eigenvalue weighted by atomic mass is 9.81. The minimum Gasteiger partial charge on any atom is -0.389 e. The summed E-state index contributed by atoms with van der Waals surface area (Å²) >= 11 is 0. The summed E-state index contributed by atoms with van der Waals surface area (Å²) in [5.41, 5.74) is 0.0190. The molecule has 0 spiro atoms. The van der Waals surface area contributed by atoms with E-state index in [9.17, 15) is 13.7 Å². The third-order valence-electron chi connectivity index (χ3n) is 4.35. The fraction of sp³-hybridized carbons (Fsp3) is 0.600. The van der Waals surface area contributed by atoms with E-state index in [-0.39, 0.29) is 16.3 Å². The summed E-state index contributed by atoms with van der Waals surface area (Å²) in [7, 11) is -0.779. The summed E-state index contributed by atoms with van der Waals surface area (Å²) in [6.07, 6.45) is 4.68. The van der Waals surface area contributed by atoms with E-state index in [2.05, 4.69) is 0 Å². The minimum atomic E-state index is -0.808. The molecular weight excluding hydrogens is 263 g/mol. The molecule has 2 atom stereocenters. The lowest BCUT2D eigenvalue weighted by molar-refractivity contribution is 0.0114. The average Bonchev–Trinajstić information content (AvgIpc) is 2.31. The van der Waals surface area contributed by atoms with Gasteiger partial charge in [-0.1, -0.05) is 18.6 Å². The first kappa shape index (κ1) is 13.3. The Balaban J connectivity index is 1.78. The Hall–Kier alpha value is -0.740. The van der Waals surface area contributed by atoms with Crippen molar-refractivity contribution in [3.8, 4) is 0 Å². The monoisotopic (exact) mass is 282 g/mol. The molecule has 2 saturated heterocycles. The normalized spacial score (nSPS) is 38.1. The summed E-state index contributed by atoms with van der Waals surface area (Å²) in [6, 6.07) is 6.43. The molecular formula is C15H19FO2S. The van der Waals surface area contributed by atoms with Gasteiger partial charge in [-0.05, 0) is 43.4 Å². The molecule has 0 aromatic heterocycles. The summed E-state index contributed by atoms with van der Waals surface area (Å²) in [5, 5.41) is 11.0. The molecule has 0 amide bonds. The highest BCUT2D eigenvalue weighted by Crippen LogP contribution is 2.40. The van der Waals surface area contributed by atoms with Crippen molar-refractivity contribution in [2.45, 2.75) is 54.6 Å². The van der Waals surface area contributed by atoms with Crippen LogP contribution in [0.3, 0.4) is 0 Å². The van der Waals surface area contributed by atoms with Gasteiger partial charge < -0.3 is 5.11 Å². The van der Waals surface area contributed by atoms with E-state index in [1.54, 1.807) is 6.07 Å². The molecule has 104 valence electrons. The van der Waals surface area contributed by atoms with Crippen LogP contribution >= 0.6 is 0 Å². The second-order valence-electron chi connectivity index (χ2n) is 5.94.